The van der Waals surface area contributed by atoms with Crippen LogP contribution in [-0.2, 0) is 4.74 Å². The van der Waals surface area contributed by atoms with Crippen molar-refractivity contribution < 1.29 is 4.74 Å². The molecular formula is C29H58N6O. The van der Waals surface area contributed by atoms with Crippen molar-refractivity contribution in [3.63, 3.8) is 0 Å². The summed E-state index contributed by atoms with van der Waals surface area (Å²) in [4.78, 5) is 16.3. The molecule has 0 aromatic rings. The van der Waals surface area contributed by atoms with E-state index in [9.17, 15) is 0 Å². The monoisotopic (exact) mass is 506 g/mol. The zero-order chi connectivity index (χ0) is 26.3. The molecule has 7 nitrogen and oxygen atoms in total. The number of likely N-dealkylation sites (N-methyl/N-ethyl adjacent to an activating group) is 1. The van der Waals surface area contributed by atoms with E-state index in [1.807, 2.05) is 0 Å². The van der Waals surface area contributed by atoms with Crippen molar-refractivity contribution >= 4 is 0 Å². The Morgan fingerprint density at radius 3 is 1.89 bits per heavy atom. The highest BCUT2D eigenvalue weighted by Crippen LogP contribution is 2.29. The molecule has 4 heterocycles. The lowest BCUT2D eigenvalue weighted by Gasteiger charge is -2.55. The van der Waals surface area contributed by atoms with E-state index in [1.54, 1.807) is 0 Å². The molecule has 0 aromatic heterocycles. The maximum Gasteiger partial charge on any atom is 0.0594 e. The van der Waals surface area contributed by atoms with Crippen LogP contribution in [0.15, 0.2) is 0 Å². The summed E-state index contributed by atoms with van der Waals surface area (Å²) in [5, 5.41) is 0. The van der Waals surface area contributed by atoms with Crippen molar-refractivity contribution in [2.45, 2.75) is 96.6 Å². The molecule has 1 unspecified atom stereocenters. The Hall–Kier alpha value is -0.280. The maximum absolute atomic E-state index is 5.63. The number of rotatable bonds is 8. The zero-order valence-electron chi connectivity index (χ0n) is 25.2. The normalized spacial score (nSPS) is 28.0. The van der Waals surface area contributed by atoms with Gasteiger partial charge in [0.2, 0.25) is 0 Å². The number of ether oxygens (including phenoxy) is 1. The Kier molecular flexibility index (Phi) is 8.83. The van der Waals surface area contributed by atoms with Gasteiger partial charge in [0, 0.05) is 107 Å². The largest absolute Gasteiger partial charge is 0.379 e. The summed E-state index contributed by atoms with van der Waals surface area (Å²) >= 11 is 0. The molecule has 7 heteroatoms. The summed E-state index contributed by atoms with van der Waals surface area (Å²) in [5.74, 6) is 0. The Morgan fingerprint density at radius 2 is 1.31 bits per heavy atom. The second-order valence-electron chi connectivity index (χ2n) is 14.7. The van der Waals surface area contributed by atoms with Crippen molar-refractivity contribution in [2.24, 2.45) is 0 Å². The van der Waals surface area contributed by atoms with Gasteiger partial charge >= 0.3 is 0 Å². The van der Waals surface area contributed by atoms with E-state index in [0.717, 1.165) is 32.3 Å². The van der Waals surface area contributed by atoms with Crippen LogP contribution < -0.4 is 0 Å². The van der Waals surface area contributed by atoms with Crippen molar-refractivity contribution in [3.8, 4) is 0 Å². The molecule has 0 spiro atoms. The van der Waals surface area contributed by atoms with Crippen molar-refractivity contribution in [3.05, 3.63) is 0 Å². The van der Waals surface area contributed by atoms with Crippen LogP contribution in [0.5, 0.6) is 0 Å². The highest BCUT2D eigenvalue weighted by Gasteiger charge is 2.42. The molecule has 0 N–H and O–H groups in total. The molecule has 4 aliphatic heterocycles. The second kappa shape index (κ2) is 11.1. The van der Waals surface area contributed by atoms with Crippen molar-refractivity contribution in [2.75, 3.05) is 92.3 Å². The third-order valence-corrected chi connectivity index (χ3v) is 9.77. The molecule has 36 heavy (non-hydrogen) atoms. The smallest absolute Gasteiger partial charge is 0.0594 e. The van der Waals surface area contributed by atoms with Gasteiger partial charge in [-0.3, -0.25) is 29.4 Å². The quantitative estimate of drug-likeness (QED) is 0.499. The molecule has 4 aliphatic rings. The van der Waals surface area contributed by atoms with Crippen molar-refractivity contribution in [1.29, 1.82) is 0 Å². The third-order valence-electron chi connectivity index (χ3n) is 9.77. The first-order valence-electron chi connectivity index (χ1n) is 14.8. The number of piperazine rings is 1. The van der Waals surface area contributed by atoms with E-state index in [0.29, 0.717) is 23.2 Å². The van der Waals surface area contributed by atoms with Gasteiger partial charge in [0.25, 0.3) is 0 Å². The van der Waals surface area contributed by atoms with Gasteiger partial charge in [-0.05, 0) is 68.9 Å². The molecule has 4 fully saturated rings. The number of likely N-dealkylation sites (tertiary alicyclic amines) is 2. The third kappa shape index (κ3) is 6.83. The molecule has 4 saturated heterocycles. The van der Waals surface area contributed by atoms with Gasteiger partial charge < -0.3 is 4.74 Å². The van der Waals surface area contributed by atoms with Gasteiger partial charge in [-0.15, -0.1) is 0 Å². The van der Waals surface area contributed by atoms with Crippen LogP contribution in [0, 0.1) is 0 Å². The Balaban J connectivity index is 1.35. The fraction of sp³-hybridized carbons (Fsp3) is 1.00. The van der Waals surface area contributed by atoms with Gasteiger partial charge in [-0.25, -0.2) is 0 Å². The Morgan fingerprint density at radius 1 is 0.722 bits per heavy atom. The average Bonchev–Trinajstić information content (AvgIpc) is 2.69. The SMILES string of the molecule is CN(CC1CN(C2CN(C(C)(C)C)C2)CCN1CCC(C)(C)N1CCOCC1)C1CN(C(C)(C)C)C1. The summed E-state index contributed by atoms with van der Waals surface area (Å²) in [6, 6.07) is 2.06. The van der Waals surface area contributed by atoms with Gasteiger partial charge in [-0.2, -0.15) is 0 Å². The van der Waals surface area contributed by atoms with Crippen LogP contribution in [0.4, 0.5) is 0 Å². The predicted molar refractivity (Wildman–Crippen MR) is 151 cm³/mol. The average molecular weight is 507 g/mol. The minimum Gasteiger partial charge on any atom is -0.379 e. The molecular weight excluding hydrogens is 448 g/mol. The van der Waals surface area contributed by atoms with E-state index in [1.165, 1.54) is 65.3 Å². The van der Waals surface area contributed by atoms with Crippen LogP contribution in [0.3, 0.4) is 0 Å². The topological polar surface area (TPSA) is 28.7 Å². The number of hydrogen-bond donors (Lipinski definition) is 0. The van der Waals surface area contributed by atoms with E-state index in [-0.39, 0.29) is 5.54 Å². The second-order valence-corrected chi connectivity index (χ2v) is 14.7. The summed E-state index contributed by atoms with van der Waals surface area (Å²) in [6.45, 7) is 33.9. The number of nitrogens with zero attached hydrogens (tertiary/aromatic N) is 6. The standard InChI is InChI=1S/C29H58N6O/c1-27(2,3)34-20-24(21-34)30(9)18-25-19-32(26-22-35(23-26)28(4,5)6)13-12-31(25)11-10-29(7,8)33-14-16-36-17-15-33/h24-26H,10-23H2,1-9H3. The van der Waals surface area contributed by atoms with Gasteiger partial charge in [-0.1, -0.05) is 0 Å². The number of morpholine rings is 1. The summed E-state index contributed by atoms with van der Waals surface area (Å²) in [6.07, 6.45) is 1.23. The zero-order valence-corrected chi connectivity index (χ0v) is 25.2. The molecule has 0 aliphatic carbocycles. The fourth-order valence-corrected chi connectivity index (χ4v) is 6.46. The van der Waals surface area contributed by atoms with E-state index >= 15 is 0 Å². The molecule has 210 valence electrons. The van der Waals surface area contributed by atoms with E-state index < -0.39 is 0 Å². The molecule has 4 rings (SSSR count). The number of hydrogen-bond acceptors (Lipinski definition) is 7. The molecule has 0 bridgehead atoms. The summed E-state index contributed by atoms with van der Waals surface area (Å²) in [7, 11) is 2.38. The first kappa shape index (κ1) is 28.7. The van der Waals surface area contributed by atoms with Gasteiger partial charge in [0.1, 0.15) is 0 Å². The first-order valence-corrected chi connectivity index (χ1v) is 14.8. The summed E-state index contributed by atoms with van der Waals surface area (Å²) < 4.78 is 5.63. The lowest BCUT2D eigenvalue weighted by molar-refractivity contribution is -0.0659. The molecule has 0 amide bonds. The maximum atomic E-state index is 5.63. The van der Waals surface area contributed by atoms with Crippen LogP contribution in [-0.4, -0.2) is 156 Å². The van der Waals surface area contributed by atoms with E-state index in [4.69, 9.17) is 4.74 Å². The summed E-state index contributed by atoms with van der Waals surface area (Å²) in [5.41, 5.74) is 0.825. The Labute approximate surface area is 223 Å². The first-order chi connectivity index (χ1) is 16.7. The molecule has 0 saturated carbocycles. The van der Waals surface area contributed by atoms with Crippen molar-refractivity contribution in [1.82, 2.24) is 29.4 Å². The van der Waals surface area contributed by atoms with Crippen LogP contribution in [0.2, 0.25) is 0 Å². The van der Waals surface area contributed by atoms with Crippen LogP contribution in [0.25, 0.3) is 0 Å². The highest BCUT2D eigenvalue weighted by atomic mass is 16.5. The Bertz CT molecular complexity index is 696. The fourth-order valence-electron chi connectivity index (χ4n) is 6.46. The minimum absolute atomic E-state index is 0.236. The molecule has 0 aromatic carbocycles. The predicted octanol–water partition coefficient (Wildman–Crippen LogP) is 2.37. The van der Waals surface area contributed by atoms with Gasteiger partial charge in [0.15, 0.2) is 0 Å². The lowest BCUT2D eigenvalue weighted by atomic mass is 9.94. The van der Waals surface area contributed by atoms with Crippen LogP contribution >= 0.6 is 0 Å². The molecule has 1 atom stereocenters. The van der Waals surface area contributed by atoms with Crippen LogP contribution in [0.1, 0.15) is 61.8 Å². The lowest BCUT2D eigenvalue weighted by Crippen LogP contribution is -2.70. The minimum atomic E-state index is 0.236. The van der Waals surface area contributed by atoms with E-state index in [2.05, 4.69) is 91.8 Å². The highest BCUT2D eigenvalue weighted by molar-refractivity contribution is 4.99. The van der Waals surface area contributed by atoms with Gasteiger partial charge in [0.05, 0.1) is 13.2 Å². The molecule has 0 radical (unpaired) electrons.